The predicted octanol–water partition coefficient (Wildman–Crippen LogP) is 3.58. The highest BCUT2D eigenvalue weighted by Crippen LogP contribution is 2.29. The van der Waals surface area contributed by atoms with E-state index < -0.39 is 0 Å². The SMILES string of the molecule is CCCCN(CCCC)Cc1ccccc1-c1nc(N)nc(N)c1C#N. The Labute approximate surface area is 155 Å². The minimum absolute atomic E-state index is 0.0834. The second kappa shape index (κ2) is 9.73. The van der Waals surface area contributed by atoms with Gasteiger partial charge in [0.1, 0.15) is 17.5 Å². The van der Waals surface area contributed by atoms with Crippen LogP contribution in [0.5, 0.6) is 0 Å². The lowest BCUT2D eigenvalue weighted by Crippen LogP contribution is -2.26. The molecule has 6 heteroatoms. The summed E-state index contributed by atoms with van der Waals surface area (Å²) >= 11 is 0. The average Bonchev–Trinajstić information content (AvgIpc) is 2.63. The number of nitrogens with two attached hydrogens (primary N) is 2. The molecule has 0 saturated heterocycles. The van der Waals surface area contributed by atoms with Crippen LogP contribution in [0, 0.1) is 11.3 Å². The van der Waals surface area contributed by atoms with Gasteiger partial charge < -0.3 is 11.5 Å². The van der Waals surface area contributed by atoms with Crippen molar-refractivity contribution in [2.75, 3.05) is 24.6 Å². The van der Waals surface area contributed by atoms with E-state index in [9.17, 15) is 5.26 Å². The van der Waals surface area contributed by atoms with Gasteiger partial charge in [0.25, 0.3) is 0 Å². The first-order valence-corrected chi connectivity index (χ1v) is 9.24. The van der Waals surface area contributed by atoms with Crippen LogP contribution in [0.4, 0.5) is 11.8 Å². The number of nitriles is 1. The first-order valence-electron chi connectivity index (χ1n) is 9.24. The molecule has 0 unspecified atom stereocenters. The summed E-state index contributed by atoms with van der Waals surface area (Å²) in [6.45, 7) is 7.34. The summed E-state index contributed by atoms with van der Waals surface area (Å²) in [6, 6.07) is 10.1. The highest BCUT2D eigenvalue weighted by molar-refractivity contribution is 5.75. The third kappa shape index (κ3) is 4.93. The minimum Gasteiger partial charge on any atom is -0.382 e. The van der Waals surface area contributed by atoms with Crippen LogP contribution in [-0.2, 0) is 6.54 Å². The molecule has 4 N–H and O–H groups in total. The number of benzene rings is 1. The van der Waals surface area contributed by atoms with Crippen molar-refractivity contribution in [3.05, 3.63) is 35.4 Å². The number of nitrogen functional groups attached to an aromatic ring is 2. The molecular formula is C20H28N6. The Morgan fingerprint density at radius 3 is 2.31 bits per heavy atom. The Hall–Kier alpha value is -2.65. The summed E-state index contributed by atoms with van der Waals surface area (Å²) in [6.07, 6.45) is 4.68. The number of hydrogen-bond donors (Lipinski definition) is 2. The second-order valence-electron chi connectivity index (χ2n) is 6.44. The van der Waals surface area contributed by atoms with Crippen molar-refractivity contribution in [3.63, 3.8) is 0 Å². The fourth-order valence-corrected chi connectivity index (χ4v) is 2.96. The van der Waals surface area contributed by atoms with Gasteiger partial charge in [0, 0.05) is 12.1 Å². The number of aromatic nitrogens is 2. The molecule has 0 aliphatic carbocycles. The van der Waals surface area contributed by atoms with E-state index in [1.807, 2.05) is 18.2 Å². The van der Waals surface area contributed by atoms with Crippen molar-refractivity contribution in [1.82, 2.24) is 14.9 Å². The molecule has 0 bridgehead atoms. The van der Waals surface area contributed by atoms with Crippen LogP contribution in [0.15, 0.2) is 24.3 Å². The normalized spacial score (nSPS) is 10.8. The fraction of sp³-hybridized carbons (Fsp3) is 0.450. The van der Waals surface area contributed by atoms with Crippen molar-refractivity contribution in [2.45, 2.75) is 46.1 Å². The number of nitrogens with zero attached hydrogens (tertiary/aromatic N) is 4. The lowest BCUT2D eigenvalue weighted by molar-refractivity contribution is 0.257. The maximum Gasteiger partial charge on any atom is 0.222 e. The molecule has 1 aromatic heterocycles. The maximum absolute atomic E-state index is 9.50. The van der Waals surface area contributed by atoms with Crippen LogP contribution in [0.25, 0.3) is 11.3 Å². The minimum atomic E-state index is 0.0834. The first-order chi connectivity index (χ1) is 12.6. The maximum atomic E-state index is 9.50. The van der Waals surface area contributed by atoms with E-state index in [4.69, 9.17) is 11.5 Å². The molecular weight excluding hydrogens is 324 g/mol. The van der Waals surface area contributed by atoms with E-state index in [1.165, 1.54) is 25.7 Å². The van der Waals surface area contributed by atoms with Crippen LogP contribution < -0.4 is 11.5 Å². The Kier molecular flexibility index (Phi) is 7.37. The van der Waals surface area contributed by atoms with Crippen molar-refractivity contribution >= 4 is 11.8 Å². The molecule has 0 spiro atoms. The van der Waals surface area contributed by atoms with Crippen LogP contribution in [0.2, 0.25) is 0 Å². The molecule has 0 amide bonds. The van der Waals surface area contributed by atoms with E-state index >= 15 is 0 Å². The average molecular weight is 352 g/mol. The van der Waals surface area contributed by atoms with Gasteiger partial charge in [-0.25, -0.2) is 4.98 Å². The quantitative estimate of drug-likeness (QED) is 0.714. The van der Waals surface area contributed by atoms with Crippen molar-refractivity contribution < 1.29 is 0 Å². The van der Waals surface area contributed by atoms with Crippen LogP contribution in [0.3, 0.4) is 0 Å². The molecule has 0 saturated carbocycles. The zero-order chi connectivity index (χ0) is 18.9. The fourth-order valence-electron chi connectivity index (χ4n) is 2.96. The van der Waals surface area contributed by atoms with Gasteiger partial charge in [-0.15, -0.1) is 0 Å². The summed E-state index contributed by atoms with van der Waals surface area (Å²) in [5.41, 5.74) is 14.5. The van der Waals surface area contributed by atoms with Crippen molar-refractivity contribution in [2.24, 2.45) is 0 Å². The van der Waals surface area contributed by atoms with E-state index in [0.29, 0.717) is 5.69 Å². The molecule has 0 atom stereocenters. The molecule has 6 nitrogen and oxygen atoms in total. The Balaban J connectivity index is 2.40. The molecule has 1 aromatic carbocycles. The van der Waals surface area contributed by atoms with E-state index in [2.05, 4.69) is 40.9 Å². The van der Waals surface area contributed by atoms with E-state index in [1.54, 1.807) is 0 Å². The second-order valence-corrected chi connectivity index (χ2v) is 6.44. The highest BCUT2D eigenvalue weighted by Gasteiger charge is 2.17. The summed E-state index contributed by atoms with van der Waals surface area (Å²) in [7, 11) is 0. The van der Waals surface area contributed by atoms with Crippen LogP contribution in [0.1, 0.15) is 50.7 Å². The van der Waals surface area contributed by atoms with Gasteiger partial charge in [-0.05, 0) is 31.5 Å². The Morgan fingerprint density at radius 1 is 1.04 bits per heavy atom. The lowest BCUT2D eigenvalue weighted by atomic mass is 10.00. The monoisotopic (exact) mass is 352 g/mol. The third-order valence-corrected chi connectivity index (χ3v) is 4.39. The molecule has 0 aliphatic rings. The molecule has 1 heterocycles. The lowest BCUT2D eigenvalue weighted by Gasteiger charge is -2.23. The highest BCUT2D eigenvalue weighted by atomic mass is 15.1. The van der Waals surface area contributed by atoms with Gasteiger partial charge in [-0.1, -0.05) is 51.0 Å². The summed E-state index contributed by atoms with van der Waals surface area (Å²) in [5.74, 6) is 0.207. The molecule has 2 rings (SSSR count). The standard InChI is InChI=1S/C20H28N6/c1-3-5-11-26(12-6-4-2)14-15-9-7-8-10-16(15)18-17(13-21)19(22)25-20(23)24-18/h7-10H,3-6,11-12,14H2,1-2H3,(H4,22,23,24,25). The summed E-state index contributed by atoms with van der Waals surface area (Å²) in [4.78, 5) is 10.7. The van der Waals surface area contributed by atoms with Gasteiger partial charge in [-0.2, -0.15) is 10.2 Å². The zero-order valence-corrected chi connectivity index (χ0v) is 15.7. The number of hydrogen-bond acceptors (Lipinski definition) is 6. The van der Waals surface area contributed by atoms with Crippen molar-refractivity contribution in [3.8, 4) is 17.3 Å². The molecule has 0 fully saturated rings. The molecule has 138 valence electrons. The summed E-state index contributed by atoms with van der Waals surface area (Å²) < 4.78 is 0. The summed E-state index contributed by atoms with van der Waals surface area (Å²) in [5, 5.41) is 9.50. The van der Waals surface area contributed by atoms with Crippen LogP contribution in [-0.4, -0.2) is 28.0 Å². The Morgan fingerprint density at radius 2 is 1.69 bits per heavy atom. The predicted molar refractivity (Wildman–Crippen MR) is 106 cm³/mol. The number of anilines is 2. The first kappa shape index (κ1) is 19.7. The molecule has 2 aromatic rings. The van der Waals surface area contributed by atoms with Crippen molar-refractivity contribution in [1.29, 1.82) is 5.26 Å². The van der Waals surface area contributed by atoms with Gasteiger partial charge in [-0.3, -0.25) is 4.90 Å². The van der Waals surface area contributed by atoms with E-state index in [-0.39, 0.29) is 17.3 Å². The number of rotatable bonds is 9. The Bertz CT molecular complexity index is 757. The van der Waals surface area contributed by atoms with Gasteiger partial charge in [0.15, 0.2) is 0 Å². The van der Waals surface area contributed by atoms with Gasteiger partial charge in [0.05, 0.1) is 5.69 Å². The molecule has 0 radical (unpaired) electrons. The molecule has 0 aliphatic heterocycles. The largest absolute Gasteiger partial charge is 0.382 e. The van der Waals surface area contributed by atoms with Crippen LogP contribution >= 0.6 is 0 Å². The van der Waals surface area contributed by atoms with Gasteiger partial charge >= 0.3 is 0 Å². The van der Waals surface area contributed by atoms with Gasteiger partial charge in [0.2, 0.25) is 5.95 Å². The van der Waals surface area contributed by atoms with E-state index in [0.717, 1.165) is 30.8 Å². The zero-order valence-electron chi connectivity index (χ0n) is 15.7. The number of unbranched alkanes of at least 4 members (excludes halogenated alkanes) is 2. The topological polar surface area (TPSA) is 105 Å². The third-order valence-electron chi connectivity index (χ3n) is 4.39. The smallest absolute Gasteiger partial charge is 0.222 e. The molecule has 26 heavy (non-hydrogen) atoms.